The molecule has 4 heteroatoms. The van der Waals surface area contributed by atoms with Crippen LogP contribution < -0.4 is 5.32 Å². The van der Waals surface area contributed by atoms with E-state index in [0.29, 0.717) is 6.54 Å². The van der Waals surface area contributed by atoms with Crippen LogP contribution in [0.1, 0.15) is 12.1 Å². The van der Waals surface area contributed by atoms with Gasteiger partial charge >= 0.3 is 0 Å². The lowest BCUT2D eigenvalue weighted by atomic mass is 9.98. The molecule has 1 fully saturated rings. The van der Waals surface area contributed by atoms with Crippen molar-refractivity contribution in [2.75, 3.05) is 13.1 Å². The van der Waals surface area contributed by atoms with Crippen molar-refractivity contribution in [2.24, 2.45) is 0 Å². The molecule has 1 aromatic heterocycles. The molecule has 13 heavy (non-hydrogen) atoms. The normalized spacial score (nSPS) is 27.8. The Morgan fingerprint density at radius 2 is 2.46 bits per heavy atom. The van der Waals surface area contributed by atoms with Crippen molar-refractivity contribution < 1.29 is 5.11 Å². The molecule has 2 N–H and O–H groups in total. The average Bonchev–Trinajstić information content (AvgIpc) is 2.54. The van der Waals surface area contributed by atoms with Crippen LogP contribution >= 0.6 is 15.9 Å². The fourth-order valence-corrected chi connectivity index (χ4v) is 1.89. The van der Waals surface area contributed by atoms with E-state index >= 15 is 0 Å². The van der Waals surface area contributed by atoms with Crippen LogP contribution in [0.5, 0.6) is 0 Å². The van der Waals surface area contributed by atoms with Crippen LogP contribution in [0, 0.1) is 0 Å². The molecule has 1 aliphatic rings. The summed E-state index contributed by atoms with van der Waals surface area (Å²) in [5, 5.41) is 13.3. The number of rotatable bonds is 1. The Hall–Kier alpha value is -0.450. The van der Waals surface area contributed by atoms with Gasteiger partial charge in [-0.3, -0.25) is 4.98 Å². The summed E-state index contributed by atoms with van der Waals surface area (Å²) in [6, 6.07) is 3.72. The zero-order valence-electron chi connectivity index (χ0n) is 7.13. The van der Waals surface area contributed by atoms with E-state index < -0.39 is 5.60 Å². The third kappa shape index (κ3) is 1.75. The van der Waals surface area contributed by atoms with Crippen LogP contribution in [0.15, 0.2) is 22.8 Å². The molecule has 0 aromatic carbocycles. The first-order chi connectivity index (χ1) is 6.21. The highest BCUT2D eigenvalue weighted by molar-refractivity contribution is 9.10. The predicted octanol–water partition coefficient (Wildman–Crippen LogP) is 1.02. The Labute approximate surface area is 85.3 Å². The van der Waals surface area contributed by atoms with Gasteiger partial charge in [-0.1, -0.05) is 15.9 Å². The number of nitrogens with zero attached hydrogens (tertiary/aromatic N) is 1. The average molecular weight is 243 g/mol. The SMILES string of the molecule is OC1(c2cc(Br)ccn2)CCNC1. The van der Waals surface area contributed by atoms with Crippen molar-refractivity contribution in [3.05, 3.63) is 28.5 Å². The molecule has 2 rings (SSSR count). The monoisotopic (exact) mass is 242 g/mol. The highest BCUT2D eigenvalue weighted by Crippen LogP contribution is 2.27. The van der Waals surface area contributed by atoms with Gasteiger partial charge in [-0.05, 0) is 25.1 Å². The third-order valence-corrected chi connectivity index (χ3v) is 2.82. The highest BCUT2D eigenvalue weighted by Gasteiger charge is 2.34. The molecular weight excluding hydrogens is 232 g/mol. The first-order valence-corrected chi connectivity index (χ1v) is 5.05. The number of hydrogen-bond donors (Lipinski definition) is 2. The lowest BCUT2D eigenvalue weighted by Crippen LogP contribution is -2.29. The second-order valence-corrected chi connectivity index (χ2v) is 4.23. The molecule has 0 spiro atoms. The van der Waals surface area contributed by atoms with Crippen molar-refractivity contribution in [3.63, 3.8) is 0 Å². The third-order valence-electron chi connectivity index (χ3n) is 2.33. The van der Waals surface area contributed by atoms with E-state index in [9.17, 15) is 5.11 Å². The molecule has 0 amide bonds. The second kappa shape index (κ2) is 3.36. The molecule has 1 saturated heterocycles. The molecule has 70 valence electrons. The van der Waals surface area contributed by atoms with Crippen LogP contribution in [0.2, 0.25) is 0 Å². The molecule has 1 unspecified atom stereocenters. The topological polar surface area (TPSA) is 45.2 Å². The first-order valence-electron chi connectivity index (χ1n) is 4.26. The minimum atomic E-state index is -0.774. The van der Waals surface area contributed by atoms with Gasteiger partial charge in [0, 0.05) is 17.2 Å². The van der Waals surface area contributed by atoms with Crippen LogP contribution in [0.3, 0.4) is 0 Å². The van der Waals surface area contributed by atoms with Crippen molar-refractivity contribution in [1.29, 1.82) is 0 Å². The van der Waals surface area contributed by atoms with Crippen molar-refractivity contribution >= 4 is 15.9 Å². The van der Waals surface area contributed by atoms with Crippen LogP contribution in [-0.4, -0.2) is 23.2 Å². The van der Waals surface area contributed by atoms with Gasteiger partial charge in [0.2, 0.25) is 0 Å². The zero-order chi connectivity index (χ0) is 9.31. The van der Waals surface area contributed by atoms with E-state index in [1.54, 1.807) is 6.20 Å². The summed E-state index contributed by atoms with van der Waals surface area (Å²) in [6.45, 7) is 1.45. The molecule has 1 aliphatic heterocycles. The quantitative estimate of drug-likeness (QED) is 0.774. The summed E-state index contributed by atoms with van der Waals surface area (Å²) in [4.78, 5) is 4.17. The van der Waals surface area contributed by atoms with E-state index in [2.05, 4.69) is 26.2 Å². The molecule has 1 aromatic rings. The number of nitrogens with one attached hydrogen (secondary N) is 1. The summed E-state index contributed by atoms with van der Waals surface area (Å²) < 4.78 is 0.956. The lowest BCUT2D eigenvalue weighted by Gasteiger charge is -2.20. The molecule has 0 aliphatic carbocycles. The van der Waals surface area contributed by atoms with E-state index in [0.717, 1.165) is 23.1 Å². The van der Waals surface area contributed by atoms with Crippen LogP contribution in [0.4, 0.5) is 0 Å². The minimum absolute atomic E-state index is 0.594. The molecule has 1 atom stereocenters. The van der Waals surface area contributed by atoms with Gasteiger partial charge in [0.15, 0.2) is 0 Å². The highest BCUT2D eigenvalue weighted by atomic mass is 79.9. The predicted molar refractivity (Wildman–Crippen MR) is 53.3 cm³/mol. The van der Waals surface area contributed by atoms with E-state index in [-0.39, 0.29) is 0 Å². The van der Waals surface area contributed by atoms with E-state index in [1.165, 1.54) is 0 Å². The maximum Gasteiger partial charge on any atom is 0.120 e. The molecule has 0 radical (unpaired) electrons. The summed E-state index contributed by atoms with van der Waals surface area (Å²) >= 11 is 3.36. The number of hydrogen-bond acceptors (Lipinski definition) is 3. The molecular formula is C9H11BrN2O. The summed E-state index contributed by atoms with van der Waals surface area (Å²) in [7, 11) is 0. The maximum atomic E-state index is 10.1. The Bertz CT molecular complexity index is 310. The molecule has 3 nitrogen and oxygen atoms in total. The van der Waals surface area contributed by atoms with Gasteiger partial charge in [-0.2, -0.15) is 0 Å². The largest absolute Gasteiger partial charge is 0.382 e. The smallest absolute Gasteiger partial charge is 0.120 e. The summed E-state index contributed by atoms with van der Waals surface area (Å²) in [5.41, 5.74) is -0.0316. The van der Waals surface area contributed by atoms with Gasteiger partial charge in [-0.15, -0.1) is 0 Å². The van der Waals surface area contributed by atoms with Gasteiger partial charge in [0.1, 0.15) is 5.60 Å². The van der Waals surface area contributed by atoms with Gasteiger partial charge in [-0.25, -0.2) is 0 Å². The number of aliphatic hydroxyl groups is 1. The number of aromatic nitrogens is 1. The fourth-order valence-electron chi connectivity index (χ4n) is 1.56. The Balaban J connectivity index is 2.33. The van der Waals surface area contributed by atoms with Crippen molar-refractivity contribution in [1.82, 2.24) is 10.3 Å². The lowest BCUT2D eigenvalue weighted by molar-refractivity contribution is 0.0541. The molecule has 2 heterocycles. The Kier molecular flexibility index (Phi) is 2.36. The number of pyridine rings is 1. The van der Waals surface area contributed by atoms with Gasteiger partial charge in [0.05, 0.1) is 5.69 Å². The minimum Gasteiger partial charge on any atom is -0.382 e. The van der Waals surface area contributed by atoms with Gasteiger partial charge < -0.3 is 10.4 Å². The maximum absolute atomic E-state index is 10.1. The summed E-state index contributed by atoms with van der Waals surface area (Å²) in [6.07, 6.45) is 2.44. The molecule has 0 saturated carbocycles. The second-order valence-electron chi connectivity index (χ2n) is 3.32. The number of β-amino-alcohol motifs (C(OH)–C–C–N with tert-alkyl or cyclic N) is 1. The molecule has 0 bridgehead atoms. The van der Waals surface area contributed by atoms with E-state index in [4.69, 9.17) is 0 Å². The Morgan fingerprint density at radius 1 is 1.62 bits per heavy atom. The van der Waals surface area contributed by atoms with E-state index in [1.807, 2.05) is 12.1 Å². The summed E-state index contributed by atoms with van der Waals surface area (Å²) in [5.74, 6) is 0. The fraction of sp³-hybridized carbons (Fsp3) is 0.444. The standard InChI is InChI=1S/C9H11BrN2O/c10-7-1-3-12-8(5-7)9(13)2-4-11-6-9/h1,3,5,11,13H,2,4,6H2. The van der Waals surface area contributed by atoms with Gasteiger partial charge in [0.25, 0.3) is 0 Å². The zero-order valence-corrected chi connectivity index (χ0v) is 8.71. The first kappa shape index (κ1) is 9.12. The van der Waals surface area contributed by atoms with Crippen LogP contribution in [0.25, 0.3) is 0 Å². The van der Waals surface area contributed by atoms with Crippen molar-refractivity contribution in [2.45, 2.75) is 12.0 Å². The van der Waals surface area contributed by atoms with Crippen LogP contribution in [-0.2, 0) is 5.60 Å². The number of halogens is 1. The Morgan fingerprint density at radius 3 is 3.08 bits per heavy atom. The van der Waals surface area contributed by atoms with Crippen molar-refractivity contribution in [3.8, 4) is 0 Å².